The van der Waals surface area contributed by atoms with Crippen LogP contribution in [0.2, 0.25) is 0 Å². The summed E-state index contributed by atoms with van der Waals surface area (Å²) < 4.78 is 19.3. The van der Waals surface area contributed by atoms with Crippen molar-refractivity contribution < 1.29 is 13.7 Å². The molecule has 5 rings (SSSR count). The molecule has 146 valence electrons. The number of rotatable bonds is 6. The number of hydrogen-bond acceptors (Lipinski definition) is 3. The Morgan fingerprint density at radius 3 is 2.79 bits per heavy atom. The third-order valence-electron chi connectivity index (χ3n) is 5.68. The molecule has 1 aliphatic rings. The Hall–Kier alpha value is -3.41. The molecule has 0 bridgehead atoms. The molecule has 4 aromatic rings. The van der Waals surface area contributed by atoms with Crippen molar-refractivity contribution in [3.8, 4) is 11.3 Å². The molecule has 1 amide bonds. The van der Waals surface area contributed by atoms with Gasteiger partial charge in [0.05, 0.1) is 16.7 Å². The Bertz CT molecular complexity index is 1190. The van der Waals surface area contributed by atoms with E-state index in [9.17, 15) is 9.18 Å². The van der Waals surface area contributed by atoms with Gasteiger partial charge in [-0.2, -0.15) is 0 Å². The molecule has 29 heavy (non-hydrogen) atoms. The summed E-state index contributed by atoms with van der Waals surface area (Å²) in [6.07, 6.45) is 4.16. The summed E-state index contributed by atoms with van der Waals surface area (Å²) in [5.41, 5.74) is 2.53. The molecule has 0 atom stereocenters. The number of H-pyrrole nitrogens is 1. The van der Waals surface area contributed by atoms with Gasteiger partial charge in [-0.05, 0) is 43.0 Å². The highest BCUT2D eigenvalue weighted by Gasteiger charge is 2.53. The number of aromatic amines is 1. The van der Waals surface area contributed by atoms with E-state index in [0.717, 1.165) is 24.8 Å². The van der Waals surface area contributed by atoms with Crippen LogP contribution in [0.5, 0.6) is 0 Å². The van der Waals surface area contributed by atoms with Crippen molar-refractivity contribution in [2.45, 2.75) is 24.7 Å². The van der Waals surface area contributed by atoms with Crippen molar-refractivity contribution in [2.24, 2.45) is 0 Å². The van der Waals surface area contributed by atoms with Crippen molar-refractivity contribution >= 4 is 16.8 Å². The zero-order valence-electron chi connectivity index (χ0n) is 15.7. The van der Waals surface area contributed by atoms with Crippen LogP contribution < -0.4 is 5.32 Å². The Labute approximate surface area is 166 Å². The fraction of sp³-hybridized carbons (Fsp3) is 0.217. The van der Waals surface area contributed by atoms with Crippen LogP contribution in [0.15, 0.2) is 65.3 Å². The van der Waals surface area contributed by atoms with Gasteiger partial charge >= 0.3 is 0 Å². The largest absolute Gasteiger partial charge is 0.361 e. The molecule has 2 aromatic heterocycles. The summed E-state index contributed by atoms with van der Waals surface area (Å²) in [4.78, 5) is 16.1. The summed E-state index contributed by atoms with van der Waals surface area (Å²) in [7, 11) is 0. The van der Waals surface area contributed by atoms with Gasteiger partial charge in [-0.1, -0.05) is 35.5 Å². The van der Waals surface area contributed by atoms with E-state index in [-0.39, 0.29) is 11.7 Å². The van der Waals surface area contributed by atoms with Gasteiger partial charge in [0.15, 0.2) is 5.76 Å². The first-order valence-corrected chi connectivity index (χ1v) is 9.73. The lowest BCUT2D eigenvalue weighted by atomic mass is 10.00. The molecule has 0 aliphatic heterocycles. The molecular formula is C23H20FN3O2. The molecule has 2 aromatic carbocycles. The van der Waals surface area contributed by atoms with Gasteiger partial charge < -0.3 is 14.8 Å². The number of hydrogen-bond donors (Lipinski definition) is 2. The first kappa shape index (κ1) is 17.7. The molecule has 0 spiro atoms. The number of halogens is 1. The number of nitrogens with zero attached hydrogens (tertiary/aromatic N) is 1. The lowest BCUT2D eigenvalue weighted by Crippen LogP contribution is -2.36. The molecule has 0 unspecified atom stereocenters. The summed E-state index contributed by atoms with van der Waals surface area (Å²) in [6, 6.07) is 16.2. The van der Waals surface area contributed by atoms with Crippen molar-refractivity contribution in [1.29, 1.82) is 0 Å². The monoisotopic (exact) mass is 389 g/mol. The fourth-order valence-electron chi connectivity index (χ4n) is 3.83. The van der Waals surface area contributed by atoms with E-state index >= 15 is 0 Å². The predicted octanol–water partition coefficient (Wildman–Crippen LogP) is 4.35. The number of amides is 1. The van der Waals surface area contributed by atoms with E-state index in [2.05, 4.69) is 21.5 Å². The van der Waals surface area contributed by atoms with Crippen LogP contribution in [0.3, 0.4) is 0 Å². The minimum atomic E-state index is -0.660. The van der Waals surface area contributed by atoms with Crippen LogP contribution in [0.4, 0.5) is 4.39 Å². The number of carbonyl (C=O) groups is 1. The molecule has 6 heteroatoms. The third-order valence-corrected chi connectivity index (χ3v) is 5.68. The maximum absolute atomic E-state index is 14.0. The number of nitrogens with one attached hydrogen (secondary N) is 2. The highest BCUT2D eigenvalue weighted by Crippen LogP contribution is 2.48. The van der Waals surface area contributed by atoms with Crippen molar-refractivity contribution in [3.63, 3.8) is 0 Å². The summed E-state index contributed by atoms with van der Waals surface area (Å²) >= 11 is 0. The summed E-state index contributed by atoms with van der Waals surface area (Å²) in [6.45, 7) is 0.542. The minimum Gasteiger partial charge on any atom is -0.361 e. The second-order valence-corrected chi connectivity index (χ2v) is 7.50. The zero-order chi connectivity index (χ0) is 19.8. The Kier molecular flexibility index (Phi) is 4.19. The fourth-order valence-corrected chi connectivity index (χ4v) is 3.83. The van der Waals surface area contributed by atoms with Crippen LogP contribution in [0.1, 0.15) is 24.1 Å². The lowest BCUT2D eigenvalue weighted by Gasteiger charge is -2.12. The van der Waals surface area contributed by atoms with Gasteiger partial charge in [0.2, 0.25) is 5.91 Å². The van der Waals surface area contributed by atoms with Gasteiger partial charge in [0, 0.05) is 29.7 Å². The standard InChI is InChI=1S/C23H20FN3O2/c24-18-7-3-1-6-17(18)20-13-21(27-29-20)23(10-11-23)22(28)25-12-9-15-14-26-19-8-4-2-5-16(15)19/h1-8,13-14,26H,9-12H2,(H,25,28). The number of carbonyl (C=O) groups excluding carboxylic acids is 1. The smallest absolute Gasteiger partial charge is 0.232 e. The summed E-state index contributed by atoms with van der Waals surface area (Å²) in [5.74, 6) is -0.0788. The number of aromatic nitrogens is 2. The lowest BCUT2D eigenvalue weighted by molar-refractivity contribution is -0.123. The average molecular weight is 389 g/mol. The molecule has 0 saturated heterocycles. The van der Waals surface area contributed by atoms with E-state index in [1.165, 1.54) is 17.0 Å². The first-order valence-electron chi connectivity index (χ1n) is 9.73. The normalized spacial score (nSPS) is 14.8. The highest BCUT2D eigenvalue weighted by molar-refractivity contribution is 5.91. The Balaban J connectivity index is 1.27. The van der Waals surface area contributed by atoms with E-state index in [4.69, 9.17) is 4.52 Å². The van der Waals surface area contributed by atoms with E-state index in [0.29, 0.717) is 23.6 Å². The average Bonchev–Trinajstić information content (AvgIpc) is 3.22. The molecule has 1 saturated carbocycles. The third kappa shape index (κ3) is 3.10. The van der Waals surface area contributed by atoms with Crippen LogP contribution in [0, 0.1) is 5.82 Å². The summed E-state index contributed by atoms with van der Waals surface area (Å²) in [5, 5.41) is 8.29. The minimum absolute atomic E-state index is 0.0503. The molecule has 0 radical (unpaired) electrons. The Morgan fingerprint density at radius 1 is 1.17 bits per heavy atom. The van der Waals surface area contributed by atoms with Crippen LogP contribution >= 0.6 is 0 Å². The van der Waals surface area contributed by atoms with E-state index in [1.807, 2.05) is 24.4 Å². The van der Waals surface area contributed by atoms with Crippen molar-refractivity contribution in [2.75, 3.05) is 6.54 Å². The van der Waals surface area contributed by atoms with Crippen LogP contribution in [-0.2, 0) is 16.6 Å². The topological polar surface area (TPSA) is 70.9 Å². The first-order chi connectivity index (χ1) is 14.2. The number of benzene rings is 2. The van der Waals surface area contributed by atoms with Gasteiger partial charge in [0.1, 0.15) is 5.82 Å². The predicted molar refractivity (Wildman–Crippen MR) is 108 cm³/mol. The molecule has 1 aliphatic carbocycles. The molecular weight excluding hydrogens is 369 g/mol. The van der Waals surface area contributed by atoms with E-state index in [1.54, 1.807) is 24.3 Å². The van der Waals surface area contributed by atoms with Gasteiger partial charge in [0.25, 0.3) is 0 Å². The molecule has 1 fully saturated rings. The van der Waals surface area contributed by atoms with E-state index < -0.39 is 5.41 Å². The van der Waals surface area contributed by atoms with Crippen LogP contribution in [0.25, 0.3) is 22.2 Å². The highest BCUT2D eigenvalue weighted by atomic mass is 19.1. The van der Waals surface area contributed by atoms with Crippen LogP contribution in [-0.4, -0.2) is 22.6 Å². The van der Waals surface area contributed by atoms with Crippen molar-refractivity contribution in [3.05, 3.63) is 77.9 Å². The van der Waals surface area contributed by atoms with Gasteiger partial charge in [-0.25, -0.2) is 4.39 Å². The zero-order valence-corrected chi connectivity index (χ0v) is 15.7. The number of para-hydroxylation sites is 1. The van der Waals surface area contributed by atoms with Gasteiger partial charge in [-0.3, -0.25) is 4.79 Å². The van der Waals surface area contributed by atoms with Gasteiger partial charge in [-0.15, -0.1) is 0 Å². The second-order valence-electron chi connectivity index (χ2n) is 7.50. The van der Waals surface area contributed by atoms with Crippen molar-refractivity contribution in [1.82, 2.24) is 15.5 Å². The molecule has 5 nitrogen and oxygen atoms in total. The molecule has 2 heterocycles. The molecule has 2 N–H and O–H groups in total. The number of fused-ring (bicyclic) bond motifs is 1. The Morgan fingerprint density at radius 2 is 1.97 bits per heavy atom. The maximum atomic E-state index is 14.0. The quantitative estimate of drug-likeness (QED) is 0.515. The SMILES string of the molecule is O=C(NCCc1c[nH]c2ccccc12)C1(c2cc(-c3ccccc3F)on2)CC1. The maximum Gasteiger partial charge on any atom is 0.232 e. The second kappa shape index (κ2) is 6.88.